The second-order valence-corrected chi connectivity index (χ2v) is 7.03. The van der Waals surface area contributed by atoms with Gasteiger partial charge in [0, 0.05) is 10.5 Å². The van der Waals surface area contributed by atoms with Gasteiger partial charge in [0.25, 0.3) is 0 Å². The molecule has 1 aliphatic carbocycles. The maximum atomic E-state index is 5.80. The van der Waals surface area contributed by atoms with Gasteiger partial charge in [-0.1, -0.05) is 54.5 Å². The number of methoxy groups -OCH3 is 1. The molecule has 0 heterocycles. The quantitative estimate of drug-likeness (QED) is 0.457. The van der Waals surface area contributed by atoms with E-state index >= 15 is 0 Å². The van der Waals surface area contributed by atoms with Gasteiger partial charge in [0.05, 0.1) is 7.11 Å². The van der Waals surface area contributed by atoms with E-state index in [-0.39, 0.29) is 0 Å². The van der Waals surface area contributed by atoms with Crippen LogP contribution < -0.4 is 16.0 Å². The molecule has 1 aromatic carbocycles. The van der Waals surface area contributed by atoms with Crippen LogP contribution in [0.4, 0.5) is 0 Å². The largest absolute Gasteiger partial charge is 0.496 e. The number of ether oxygens (including phenoxy) is 1. The van der Waals surface area contributed by atoms with Gasteiger partial charge in [-0.15, -0.1) is 0 Å². The highest BCUT2D eigenvalue weighted by atomic mass is 79.9. The van der Waals surface area contributed by atoms with Crippen LogP contribution in [0.5, 0.6) is 5.75 Å². The number of halogens is 1. The Morgan fingerprint density at radius 3 is 2.62 bits per heavy atom. The topological polar surface area (TPSA) is 47.3 Å². The first kappa shape index (κ1) is 16.8. The fraction of sp³-hybridized carbons (Fsp3) is 0.647. The Labute approximate surface area is 136 Å². The van der Waals surface area contributed by atoms with E-state index in [1.54, 1.807) is 7.11 Å². The van der Waals surface area contributed by atoms with E-state index in [2.05, 4.69) is 27.4 Å². The van der Waals surface area contributed by atoms with E-state index < -0.39 is 0 Å². The molecule has 4 heteroatoms. The van der Waals surface area contributed by atoms with Gasteiger partial charge < -0.3 is 4.74 Å². The molecule has 1 aliphatic rings. The van der Waals surface area contributed by atoms with Crippen molar-refractivity contribution in [1.29, 1.82) is 0 Å². The number of nitrogens with one attached hydrogen (secondary N) is 1. The molecule has 0 spiro atoms. The summed E-state index contributed by atoms with van der Waals surface area (Å²) in [5.74, 6) is 7.56. The lowest BCUT2D eigenvalue weighted by Gasteiger charge is -2.23. The molecule has 0 saturated heterocycles. The summed E-state index contributed by atoms with van der Waals surface area (Å²) in [5, 5.41) is 0. The molecule has 1 atom stereocenters. The molecule has 3 N–H and O–H groups in total. The van der Waals surface area contributed by atoms with E-state index in [1.807, 2.05) is 12.1 Å². The summed E-state index contributed by atoms with van der Waals surface area (Å²) in [6.45, 7) is 0. The predicted octanol–water partition coefficient (Wildman–Crippen LogP) is 4.19. The van der Waals surface area contributed by atoms with E-state index in [1.165, 1.54) is 44.1 Å². The van der Waals surface area contributed by atoms with Crippen LogP contribution >= 0.6 is 15.9 Å². The smallest absolute Gasteiger partial charge is 0.122 e. The Morgan fingerprint density at radius 2 is 2.00 bits per heavy atom. The molecule has 21 heavy (non-hydrogen) atoms. The van der Waals surface area contributed by atoms with Crippen LogP contribution in [-0.2, 0) is 6.42 Å². The Hall–Kier alpha value is -0.580. The molecule has 1 unspecified atom stereocenters. The normalized spacial score (nSPS) is 18.2. The lowest BCUT2D eigenvalue weighted by molar-refractivity contribution is 0.347. The van der Waals surface area contributed by atoms with Crippen molar-refractivity contribution in [3.05, 3.63) is 28.2 Å². The van der Waals surface area contributed by atoms with Crippen LogP contribution in [0.1, 0.15) is 50.5 Å². The van der Waals surface area contributed by atoms with Crippen LogP contribution in [-0.4, -0.2) is 13.2 Å². The Morgan fingerprint density at radius 1 is 1.29 bits per heavy atom. The third-order valence-corrected chi connectivity index (χ3v) is 5.03. The van der Waals surface area contributed by atoms with E-state index in [9.17, 15) is 0 Å². The number of benzene rings is 1. The third kappa shape index (κ3) is 5.28. The van der Waals surface area contributed by atoms with Crippen molar-refractivity contribution in [1.82, 2.24) is 5.43 Å². The lowest BCUT2D eigenvalue weighted by Crippen LogP contribution is -2.38. The van der Waals surface area contributed by atoms with Crippen LogP contribution in [0.3, 0.4) is 0 Å². The van der Waals surface area contributed by atoms with Crippen molar-refractivity contribution < 1.29 is 4.74 Å². The van der Waals surface area contributed by atoms with Crippen molar-refractivity contribution in [2.75, 3.05) is 7.11 Å². The molecule has 1 aromatic rings. The van der Waals surface area contributed by atoms with Crippen LogP contribution in [0.15, 0.2) is 22.7 Å². The molecule has 0 radical (unpaired) electrons. The number of nitrogens with two attached hydrogens (primary N) is 1. The van der Waals surface area contributed by atoms with Crippen LogP contribution in [0.2, 0.25) is 0 Å². The summed E-state index contributed by atoms with van der Waals surface area (Å²) in [6, 6.07) is 6.48. The highest BCUT2D eigenvalue weighted by molar-refractivity contribution is 9.10. The van der Waals surface area contributed by atoms with Crippen molar-refractivity contribution in [2.24, 2.45) is 11.8 Å². The van der Waals surface area contributed by atoms with Crippen molar-refractivity contribution in [2.45, 2.75) is 57.4 Å². The van der Waals surface area contributed by atoms with E-state index in [0.29, 0.717) is 6.04 Å². The summed E-state index contributed by atoms with van der Waals surface area (Å²) >= 11 is 3.54. The summed E-state index contributed by atoms with van der Waals surface area (Å²) in [7, 11) is 1.73. The van der Waals surface area contributed by atoms with Crippen molar-refractivity contribution >= 4 is 15.9 Å². The lowest BCUT2D eigenvalue weighted by atomic mass is 9.90. The monoisotopic (exact) mass is 354 g/mol. The Bertz CT molecular complexity index is 431. The Kier molecular flexibility index (Phi) is 7.00. The Balaban J connectivity index is 1.99. The van der Waals surface area contributed by atoms with Gasteiger partial charge in [-0.05, 0) is 42.5 Å². The fourth-order valence-corrected chi connectivity index (χ4v) is 3.79. The second-order valence-electron chi connectivity index (χ2n) is 6.12. The molecule has 1 fully saturated rings. The molecule has 0 amide bonds. The first-order chi connectivity index (χ1) is 10.2. The highest BCUT2D eigenvalue weighted by Crippen LogP contribution is 2.29. The molecule has 0 aromatic heterocycles. The van der Waals surface area contributed by atoms with Gasteiger partial charge in [-0.3, -0.25) is 11.3 Å². The minimum absolute atomic E-state index is 0.316. The maximum absolute atomic E-state index is 5.80. The first-order valence-electron chi connectivity index (χ1n) is 8.01. The zero-order valence-electron chi connectivity index (χ0n) is 12.9. The second kappa shape index (κ2) is 8.76. The van der Waals surface area contributed by atoms with Crippen LogP contribution in [0.25, 0.3) is 0 Å². The van der Waals surface area contributed by atoms with Gasteiger partial charge in [-0.2, -0.15) is 0 Å². The summed E-state index contributed by atoms with van der Waals surface area (Å²) in [5.41, 5.74) is 4.23. The van der Waals surface area contributed by atoms with E-state index in [0.717, 1.165) is 29.0 Å². The van der Waals surface area contributed by atoms with Gasteiger partial charge in [-0.25, -0.2) is 0 Å². The standard InChI is InChI=1S/C17H27BrN2O/c1-21-17-9-8-15(18)11-14(17)12-16(20-19)10-13-6-4-2-3-5-7-13/h8-9,11,13,16,20H,2-7,10,12,19H2,1H3. The average molecular weight is 355 g/mol. The SMILES string of the molecule is COc1ccc(Br)cc1CC(CC1CCCCCC1)NN. The molecule has 1 saturated carbocycles. The fourth-order valence-electron chi connectivity index (χ4n) is 3.38. The third-order valence-electron chi connectivity index (χ3n) is 4.54. The summed E-state index contributed by atoms with van der Waals surface area (Å²) < 4.78 is 6.55. The minimum atomic E-state index is 0.316. The maximum Gasteiger partial charge on any atom is 0.122 e. The molecule has 0 bridgehead atoms. The number of hydrazine groups is 1. The predicted molar refractivity (Wildman–Crippen MR) is 91.3 cm³/mol. The van der Waals surface area contributed by atoms with Gasteiger partial charge in [0.2, 0.25) is 0 Å². The summed E-state index contributed by atoms with van der Waals surface area (Å²) in [6.07, 6.45) is 10.3. The number of hydrogen-bond donors (Lipinski definition) is 2. The minimum Gasteiger partial charge on any atom is -0.496 e. The molecule has 2 rings (SSSR count). The number of hydrogen-bond acceptors (Lipinski definition) is 3. The van der Waals surface area contributed by atoms with Gasteiger partial charge >= 0.3 is 0 Å². The average Bonchev–Trinajstić information content (AvgIpc) is 2.75. The zero-order valence-corrected chi connectivity index (χ0v) is 14.5. The van der Waals surface area contributed by atoms with Crippen molar-refractivity contribution in [3.8, 4) is 5.75 Å². The summed E-state index contributed by atoms with van der Waals surface area (Å²) in [4.78, 5) is 0. The molecule has 0 aliphatic heterocycles. The molecular weight excluding hydrogens is 328 g/mol. The molecule has 118 valence electrons. The zero-order chi connectivity index (χ0) is 15.1. The highest BCUT2D eigenvalue weighted by Gasteiger charge is 2.19. The van der Waals surface area contributed by atoms with Crippen LogP contribution in [0, 0.1) is 5.92 Å². The molecular formula is C17H27BrN2O. The van der Waals surface area contributed by atoms with Gasteiger partial charge in [0.15, 0.2) is 0 Å². The number of rotatable bonds is 6. The first-order valence-corrected chi connectivity index (χ1v) is 8.80. The van der Waals surface area contributed by atoms with E-state index in [4.69, 9.17) is 10.6 Å². The van der Waals surface area contributed by atoms with Gasteiger partial charge in [0.1, 0.15) is 5.75 Å². The molecule has 3 nitrogen and oxygen atoms in total. The van der Waals surface area contributed by atoms with Crippen molar-refractivity contribution in [3.63, 3.8) is 0 Å².